The highest BCUT2D eigenvalue weighted by molar-refractivity contribution is 4.75. The first kappa shape index (κ1) is 12.0. The summed E-state index contributed by atoms with van der Waals surface area (Å²) in [4.78, 5) is 2.45. The lowest BCUT2D eigenvalue weighted by Gasteiger charge is -2.24. The minimum atomic E-state index is -0.230. The molecule has 2 N–H and O–H groups in total. The van der Waals surface area contributed by atoms with Crippen LogP contribution in [0.15, 0.2) is 0 Å². The van der Waals surface area contributed by atoms with Gasteiger partial charge in [0.15, 0.2) is 0 Å². The molecule has 3 nitrogen and oxygen atoms in total. The Balaban J connectivity index is 1.99. The number of aliphatic hydroxyl groups excluding tert-OH is 1. The molecule has 0 bridgehead atoms. The van der Waals surface area contributed by atoms with E-state index in [4.69, 9.17) is 5.11 Å². The van der Waals surface area contributed by atoms with Crippen molar-refractivity contribution in [1.82, 2.24) is 10.2 Å². The van der Waals surface area contributed by atoms with Crippen molar-refractivity contribution in [3.8, 4) is 0 Å². The van der Waals surface area contributed by atoms with E-state index < -0.39 is 0 Å². The molecule has 0 radical (unpaired) electrons. The number of nitrogens with one attached hydrogen (secondary N) is 1. The summed E-state index contributed by atoms with van der Waals surface area (Å²) in [6.45, 7) is 4.60. The summed E-state index contributed by atoms with van der Waals surface area (Å²) in [6.07, 6.45) is 5.30. The van der Waals surface area contributed by atoms with Gasteiger partial charge >= 0.3 is 0 Å². The fraction of sp³-hybridized carbons (Fsp3) is 1.00. The molecule has 1 aliphatic carbocycles. The first-order valence-corrected chi connectivity index (χ1v) is 5.79. The van der Waals surface area contributed by atoms with Gasteiger partial charge in [0, 0.05) is 25.7 Å². The summed E-state index contributed by atoms with van der Waals surface area (Å²) in [7, 11) is 2.21. The number of aliphatic hydroxyl groups is 1. The molecule has 1 saturated carbocycles. The Bertz CT molecular complexity index is 144. The fourth-order valence-corrected chi connectivity index (χ4v) is 2.09. The molecule has 1 unspecified atom stereocenters. The summed E-state index contributed by atoms with van der Waals surface area (Å²) in [5, 5.41) is 12.3. The molecule has 14 heavy (non-hydrogen) atoms. The van der Waals surface area contributed by atoms with Gasteiger partial charge in [-0.3, -0.25) is 0 Å². The number of rotatable bonds is 6. The van der Waals surface area contributed by atoms with Gasteiger partial charge in [-0.1, -0.05) is 12.8 Å². The van der Waals surface area contributed by atoms with Crippen LogP contribution in [0.1, 0.15) is 32.6 Å². The van der Waals surface area contributed by atoms with Crippen LogP contribution in [0.4, 0.5) is 0 Å². The van der Waals surface area contributed by atoms with Crippen molar-refractivity contribution in [2.45, 2.75) is 44.8 Å². The van der Waals surface area contributed by atoms with E-state index in [1.807, 2.05) is 6.92 Å². The second kappa shape index (κ2) is 6.38. The Morgan fingerprint density at radius 2 is 2.07 bits per heavy atom. The molecule has 84 valence electrons. The lowest BCUT2D eigenvalue weighted by Crippen LogP contribution is -2.37. The van der Waals surface area contributed by atoms with Gasteiger partial charge in [0.25, 0.3) is 0 Å². The minimum absolute atomic E-state index is 0.230. The highest BCUT2D eigenvalue weighted by Gasteiger charge is 2.18. The van der Waals surface area contributed by atoms with Crippen LogP contribution >= 0.6 is 0 Å². The van der Waals surface area contributed by atoms with E-state index in [0.717, 1.165) is 19.1 Å². The minimum Gasteiger partial charge on any atom is -0.392 e. The molecular formula is C11H24N2O. The summed E-state index contributed by atoms with van der Waals surface area (Å²) in [5.41, 5.74) is 0. The zero-order valence-electron chi connectivity index (χ0n) is 9.50. The maximum absolute atomic E-state index is 9.05. The zero-order chi connectivity index (χ0) is 10.4. The van der Waals surface area contributed by atoms with Crippen LogP contribution < -0.4 is 5.32 Å². The first-order chi connectivity index (χ1) is 6.70. The van der Waals surface area contributed by atoms with Crippen LogP contribution in [0.2, 0.25) is 0 Å². The molecule has 0 heterocycles. The summed E-state index contributed by atoms with van der Waals surface area (Å²) < 4.78 is 0. The third-order valence-corrected chi connectivity index (χ3v) is 3.03. The van der Waals surface area contributed by atoms with Crippen LogP contribution in [0.5, 0.6) is 0 Å². The second-order valence-corrected chi connectivity index (χ2v) is 4.47. The van der Waals surface area contributed by atoms with E-state index in [1.165, 1.54) is 25.7 Å². The first-order valence-electron chi connectivity index (χ1n) is 5.79. The molecule has 0 amide bonds. The summed E-state index contributed by atoms with van der Waals surface area (Å²) in [5.74, 6) is 0. The molecule has 0 saturated heterocycles. The molecule has 1 rings (SSSR count). The van der Waals surface area contributed by atoms with Gasteiger partial charge in [-0.05, 0) is 26.8 Å². The van der Waals surface area contributed by atoms with E-state index in [-0.39, 0.29) is 6.10 Å². The molecule has 0 spiro atoms. The van der Waals surface area contributed by atoms with E-state index in [2.05, 4.69) is 17.3 Å². The highest BCUT2D eigenvalue weighted by Crippen LogP contribution is 2.21. The number of hydrogen-bond acceptors (Lipinski definition) is 3. The maximum Gasteiger partial charge on any atom is 0.0636 e. The van der Waals surface area contributed by atoms with E-state index in [9.17, 15) is 0 Å². The molecule has 1 atom stereocenters. The van der Waals surface area contributed by atoms with Gasteiger partial charge in [0.2, 0.25) is 0 Å². The molecule has 3 heteroatoms. The fourth-order valence-electron chi connectivity index (χ4n) is 2.09. The van der Waals surface area contributed by atoms with Crippen molar-refractivity contribution < 1.29 is 5.11 Å². The number of hydrogen-bond donors (Lipinski definition) is 2. The quantitative estimate of drug-likeness (QED) is 0.623. The van der Waals surface area contributed by atoms with E-state index in [1.54, 1.807) is 0 Å². The smallest absolute Gasteiger partial charge is 0.0636 e. The average Bonchev–Trinajstić information content (AvgIpc) is 2.64. The summed E-state index contributed by atoms with van der Waals surface area (Å²) >= 11 is 0. The highest BCUT2D eigenvalue weighted by atomic mass is 16.3. The third kappa shape index (κ3) is 4.40. The Labute approximate surface area is 87.5 Å². The molecular weight excluding hydrogens is 176 g/mol. The Morgan fingerprint density at radius 1 is 1.43 bits per heavy atom. The number of likely N-dealkylation sites (N-methyl/N-ethyl adjacent to an activating group) is 1. The summed E-state index contributed by atoms with van der Waals surface area (Å²) in [6, 6.07) is 0.809. The van der Waals surface area contributed by atoms with Crippen LogP contribution in [-0.4, -0.2) is 48.8 Å². The molecule has 0 aromatic carbocycles. The van der Waals surface area contributed by atoms with E-state index >= 15 is 0 Å². The predicted molar refractivity (Wildman–Crippen MR) is 59.4 cm³/mol. The van der Waals surface area contributed by atoms with Crippen molar-refractivity contribution in [3.63, 3.8) is 0 Å². The van der Waals surface area contributed by atoms with Gasteiger partial charge in [-0.25, -0.2) is 0 Å². The van der Waals surface area contributed by atoms with Gasteiger partial charge in [0.1, 0.15) is 0 Å². The Morgan fingerprint density at radius 3 is 2.64 bits per heavy atom. The lowest BCUT2D eigenvalue weighted by atomic mass is 10.2. The second-order valence-electron chi connectivity index (χ2n) is 4.47. The lowest BCUT2D eigenvalue weighted by molar-refractivity contribution is 0.186. The predicted octanol–water partition coefficient (Wildman–Crippen LogP) is 0.831. The van der Waals surface area contributed by atoms with Gasteiger partial charge in [0.05, 0.1) is 6.10 Å². The maximum atomic E-state index is 9.05. The largest absolute Gasteiger partial charge is 0.392 e. The average molecular weight is 200 g/mol. The van der Waals surface area contributed by atoms with Crippen molar-refractivity contribution in [3.05, 3.63) is 0 Å². The van der Waals surface area contributed by atoms with Crippen LogP contribution in [0.25, 0.3) is 0 Å². The monoisotopic (exact) mass is 200 g/mol. The van der Waals surface area contributed by atoms with Crippen molar-refractivity contribution in [2.24, 2.45) is 0 Å². The van der Waals surface area contributed by atoms with Crippen LogP contribution in [0.3, 0.4) is 0 Å². The molecule has 1 aliphatic rings. The van der Waals surface area contributed by atoms with Crippen LogP contribution in [-0.2, 0) is 0 Å². The number of nitrogens with zero attached hydrogens (tertiary/aromatic N) is 1. The molecule has 0 aromatic rings. The van der Waals surface area contributed by atoms with Gasteiger partial charge in [-0.15, -0.1) is 0 Å². The topological polar surface area (TPSA) is 35.5 Å². The SMILES string of the molecule is CC(O)CNCCN(C)C1CCCC1. The Kier molecular flexibility index (Phi) is 5.45. The van der Waals surface area contributed by atoms with Gasteiger partial charge in [-0.2, -0.15) is 0 Å². The van der Waals surface area contributed by atoms with Crippen molar-refractivity contribution in [1.29, 1.82) is 0 Å². The standard InChI is InChI=1S/C11H24N2O/c1-10(14)9-12-7-8-13(2)11-5-3-4-6-11/h10-12,14H,3-9H2,1-2H3. The normalized spacial score (nSPS) is 20.6. The van der Waals surface area contributed by atoms with Crippen molar-refractivity contribution in [2.75, 3.05) is 26.7 Å². The molecule has 0 aromatic heterocycles. The van der Waals surface area contributed by atoms with Crippen LogP contribution in [0, 0.1) is 0 Å². The van der Waals surface area contributed by atoms with E-state index in [0.29, 0.717) is 6.54 Å². The zero-order valence-corrected chi connectivity index (χ0v) is 9.50. The molecule has 0 aliphatic heterocycles. The third-order valence-electron chi connectivity index (χ3n) is 3.03. The van der Waals surface area contributed by atoms with Crippen molar-refractivity contribution >= 4 is 0 Å². The van der Waals surface area contributed by atoms with Gasteiger partial charge < -0.3 is 15.3 Å². The Hall–Kier alpha value is -0.120. The molecule has 1 fully saturated rings.